The van der Waals surface area contributed by atoms with E-state index in [0.717, 1.165) is 37.7 Å². The maximum atomic E-state index is 5.45. The Morgan fingerprint density at radius 1 is 1.35 bits per heavy atom. The number of hydrogen-bond acceptors (Lipinski definition) is 5. The second kappa shape index (κ2) is 4.38. The topological polar surface area (TPSA) is 60.2 Å². The molecule has 2 aliphatic rings. The first-order valence-corrected chi connectivity index (χ1v) is 6.43. The Labute approximate surface area is 101 Å². The van der Waals surface area contributed by atoms with Gasteiger partial charge < -0.3 is 14.6 Å². The Kier molecular flexibility index (Phi) is 2.88. The molecule has 2 heterocycles. The molecule has 1 saturated carbocycles. The van der Waals surface area contributed by atoms with Gasteiger partial charge in [0.1, 0.15) is 0 Å². The van der Waals surface area contributed by atoms with Crippen LogP contribution in [0.25, 0.3) is 0 Å². The Morgan fingerprint density at radius 2 is 2.18 bits per heavy atom. The van der Waals surface area contributed by atoms with Crippen LogP contribution in [-0.2, 0) is 10.2 Å². The molecule has 0 aromatic carbocycles. The maximum Gasteiger partial charge on any atom is 0.232 e. The first-order valence-electron chi connectivity index (χ1n) is 6.43. The van der Waals surface area contributed by atoms with E-state index >= 15 is 0 Å². The van der Waals surface area contributed by atoms with Crippen LogP contribution in [0.4, 0.5) is 0 Å². The van der Waals surface area contributed by atoms with Gasteiger partial charge >= 0.3 is 0 Å². The van der Waals surface area contributed by atoms with E-state index in [9.17, 15) is 0 Å². The lowest BCUT2D eigenvalue weighted by atomic mass is 9.89. The summed E-state index contributed by atoms with van der Waals surface area (Å²) in [5.41, 5.74) is 0.0980. The highest BCUT2D eigenvalue weighted by atomic mass is 16.5. The molecule has 5 heteroatoms. The molecule has 1 unspecified atom stereocenters. The molecule has 3 rings (SSSR count). The van der Waals surface area contributed by atoms with Crippen LogP contribution >= 0.6 is 0 Å². The van der Waals surface area contributed by atoms with E-state index in [1.54, 1.807) is 0 Å². The molecule has 1 saturated heterocycles. The Bertz CT molecular complexity index is 379. The largest absolute Gasteiger partial charge is 0.378 e. The molecule has 2 fully saturated rings. The van der Waals surface area contributed by atoms with Crippen molar-refractivity contribution in [3.05, 3.63) is 11.7 Å². The van der Waals surface area contributed by atoms with Crippen molar-refractivity contribution in [3.63, 3.8) is 0 Å². The molecule has 94 valence electrons. The van der Waals surface area contributed by atoms with Crippen LogP contribution in [0, 0.1) is 0 Å². The van der Waals surface area contributed by atoms with Crippen molar-refractivity contribution < 1.29 is 9.26 Å². The van der Waals surface area contributed by atoms with Gasteiger partial charge in [0.2, 0.25) is 5.89 Å². The highest BCUT2D eigenvalue weighted by Gasteiger charge is 2.36. The summed E-state index contributed by atoms with van der Waals surface area (Å²) in [6.07, 6.45) is 4.84. The van der Waals surface area contributed by atoms with Gasteiger partial charge in [-0.1, -0.05) is 24.9 Å². The summed E-state index contributed by atoms with van der Waals surface area (Å²) < 4.78 is 10.9. The predicted octanol–water partition coefficient (Wildman–Crippen LogP) is 1.56. The van der Waals surface area contributed by atoms with Gasteiger partial charge in [0.05, 0.1) is 19.3 Å². The number of hydrogen-bond donors (Lipinski definition) is 1. The van der Waals surface area contributed by atoms with Crippen LogP contribution in [0.3, 0.4) is 0 Å². The predicted molar refractivity (Wildman–Crippen MR) is 61.7 cm³/mol. The van der Waals surface area contributed by atoms with Crippen molar-refractivity contribution in [2.24, 2.45) is 0 Å². The summed E-state index contributed by atoms with van der Waals surface area (Å²) in [4.78, 5) is 4.57. The first-order chi connectivity index (χ1) is 8.28. The van der Waals surface area contributed by atoms with Crippen LogP contribution in [0.15, 0.2) is 4.52 Å². The number of aromatic nitrogens is 2. The lowest BCUT2D eigenvalue weighted by Crippen LogP contribution is -2.35. The van der Waals surface area contributed by atoms with Crippen molar-refractivity contribution >= 4 is 0 Å². The summed E-state index contributed by atoms with van der Waals surface area (Å²) in [5.74, 6) is 1.55. The summed E-state index contributed by atoms with van der Waals surface area (Å²) in [5, 5.41) is 7.44. The minimum Gasteiger partial charge on any atom is -0.378 e. The quantitative estimate of drug-likeness (QED) is 0.846. The third-order valence-corrected chi connectivity index (χ3v) is 3.90. The van der Waals surface area contributed by atoms with E-state index in [-0.39, 0.29) is 11.5 Å². The average molecular weight is 237 g/mol. The fourth-order valence-electron chi connectivity index (χ4n) is 2.72. The highest BCUT2D eigenvalue weighted by molar-refractivity contribution is 5.07. The fourth-order valence-corrected chi connectivity index (χ4v) is 2.72. The van der Waals surface area contributed by atoms with Gasteiger partial charge in [0, 0.05) is 12.0 Å². The zero-order chi connectivity index (χ0) is 11.7. The van der Waals surface area contributed by atoms with Gasteiger partial charge in [-0.05, 0) is 12.8 Å². The summed E-state index contributed by atoms with van der Waals surface area (Å²) in [7, 11) is 0. The Morgan fingerprint density at radius 3 is 2.88 bits per heavy atom. The molecular weight excluding hydrogens is 218 g/mol. The van der Waals surface area contributed by atoms with Crippen LogP contribution in [0.1, 0.15) is 50.4 Å². The van der Waals surface area contributed by atoms with Crippen molar-refractivity contribution in [2.45, 2.75) is 44.1 Å². The Balaban J connectivity index is 1.77. The Hall–Kier alpha value is -0.940. The van der Waals surface area contributed by atoms with Crippen molar-refractivity contribution in [1.29, 1.82) is 0 Å². The molecule has 1 aromatic heterocycles. The van der Waals surface area contributed by atoms with Crippen molar-refractivity contribution in [2.75, 3.05) is 19.8 Å². The monoisotopic (exact) mass is 237 g/mol. The van der Waals surface area contributed by atoms with E-state index < -0.39 is 0 Å². The van der Waals surface area contributed by atoms with Crippen LogP contribution in [0.5, 0.6) is 0 Å². The van der Waals surface area contributed by atoms with E-state index in [0.29, 0.717) is 6.61 Å². The van der Waals surface area contributed by atoms with Gasteiger partial charge in [-0.2, -0.15) is 4.98 Å². The van der Waals surface area contributed by atoms with Crippen LogP contribution in [-0.4, -0.2) is 29.9 Å². The SMILES string of the molecule is CC1(c2nc(C3COCCN3)no2)CCCC1. The molecule has 0 amide bonds. The highest BCUT2D eigenvalue weighted by Crippen LogP contribution is 2.39. The zero-order valence-electron chi connectivity index (χ0n) is 10.2. The molecule has 1 aliphatic heterocycles. The number of rotatable bonds is 2. The minimum atomic E-state index is 0.0891. The zero-order valence-corrected chi connectivity index (χ0v) is 10.2. The van der Waals surface area contributed by atoms with Crippen molar-refractivity contribution in [1.82, 2.24) is 15.5 Å². The molecule has 17 heavy (non-hydrogen) atoms. The average Bonchev–Trinajstić information content (AvgIpc) is 2.99. The van der Waals surface area contributed by atoms with Gasteiger partial charge in [0.15, 0.2) is 5.82 Å². The molecular formula is C12H19N3O2. The van der Waals surface area contributed by atoms with Crippen LogP contribution in [0.2, 0.25) is 0 Å². The normalized spacial score (nSPS) is 28.4. The second-order valence-electron chi connectivity index (χ2n) is 5.31. The lowest BCUT2D eigenvalue weighted by molar-refractivity contribution is 0.0734. The summed E-state index contributed by atoms with van der Waals surface area (Å²) in [6.45, 7) is 4.47. The van der Waals surface area contributed by atoms with Gasteiger partial charge in [-0.15, -0.1) is 0 Å². The molecule has 0 spiro atoms. The van der Waals surface area contributed by atoms with Crippen molar-refractivity contribution in [3.8, 4) is 0 Å². The summed E-state index contributed by atoms with van der Waals surface area (Å²) in [6, 6.07) is 0.0891. The molecule has 5 nitrogen and oxygen atoms in total. The van der Waals surface area contributed by atoms with E-state index in [2.05, 4.69) is 22.4 Å². The third-order valence-electron chi connectivity index (χ3n) is 3.90. The molecule has 1 aliphatic carbocycles. The summed E-state index contributed by atoms with van der Waals surface area (Å²) >= 11 is 0. The standard InChI is InChI=1S/C12H19N3O2/c1-12(4-2-3-5-12)11-14-10(15-17-11)9-8-16-7-6-13-9/h9,13H,2-8H2,1H3. The fraction of sp³-hybridized carbons (Fsp3) is 0.833. The smallest absolute Gasteiger partial charge is 0.232 e. The second-order valence-corrected chi connectivity index (χ2v) is 5.31. The molecule has 0 radical (unpaired) electrons. The van der Waals surface area contributed by atoms with Gasteiger partial charge in [-0.25, -0.2) is 0 Å². The lowest BCUT2D eigenvalue weighted by Gasteiger charge is -2.21. The van der Waals surface area contributed by atoms with Gasteiger partial charge in [-0.3, -0.25) is 0 Å². The molecule has 1 atom stereocenters. The maximum absolute atomic E-state index is 5.45. The van der Waals surface area contributed by atoms with E-state index in [1.807, 2.05) is 0 Å². The van der Waals surface area contributed by atoms with Gasteiger partial charge in [0.25, 0.3) is 0 Å². The minimum absolute atomic E-state index is 0.0891. The number of ether oxygens (including phenoxy) is 1. The molecule has 1 aromatic rings. The van der Waals surface area contributed by atoms with E-state index in [1.165, 1.54) is 12.8 Å². The third kappa shape index (κ3) is 2.09. The number of nitrogens with zero attached hydrogens (tertiary/aromatic N) is 2. The molecule has 0 bridgehead atoms. The number of morpholine rings is 1. The van der Waals surface area contributed by atoms with Crippen LogP contribution < -0.4 is 5.32 Å². The van der Waals surface area contributed by atoms with E-state index in [4.69, 9.17) is 9.26 Å². The molecule has 1 N–H and O–H groups in total. The first kappa shape index (κ1) is 11.2. The number of nitrogens with one attached hydrogen (secondary N) is 1.